The monoisotopic (exact) mass is 498 g/mol. The number of carbonyl (C=O) groups is 2. The zero-order chi connectivity index (χ0) is 26.3. The van der Waals surface area contributed by atoms with Crippen molar-refractivity contribution < 1.29 is 22.8 Å². The third-order valence-electron chi connectivity index (χ3n) is 6.44. The molecule has 6 nitrogen and oxygen atoms in total. The van der Waals surface area contributed by atoms with E-state index in [-0.39, 0.29) is 11.8 Å². The second-order valence-electron chi connectivity index (χ2n) is 10.3. The van der Waals surface area contributed by atoms with Crippen LogP contribution in [0.5, 0.6) is 0 Å². The van der Waals surface area contributed by atoms with Crippen molar-refractivity contribution in [1.82, 2.24) is 4.90 Å². The zero-order valence-corrected chi connectivity index (χ0v) is 20.7. The third kappa shape index (κ3) is 5.20. The van der Waals surface area contributed by atoms with E-state index in [1.165, 1.54) is 6.07 Å². The Morgan fingerprint density at radius 3 is 2.28 bits per heavy atom. The van der Waals surface area contributed by atoms with E-state index in [0.29, 0.717) is 54.2 Å². The largest absolute Gasteiger partial charge is 0.416 e. The highest BCUT2D eigenvalue weighted by molar-refractivity contribution is 6.48. The lowest BCUT2D eigenvalue weighted by molar-refractivity contribution is -0.137. The molecule has 36 heavy (non-hydrogen) atoms. The van der Waals surface area contributed by atoms with E-state index in [4.69, 9.17) is 9.98 Å². The van der Waals surface area contributed by atoms with Gasteiger partial charge in [0.15, 0.2) is 5.66 Å². The van der Waals surface area contributed by atoms with Crippen LogP contribution in [0.1, 0.15) is 62.0 Å². The van der Waals surface area contributed by atoms with Gasteiger partial charge in [-0.05, 0) is 31.2 Å². The number of para-hydroxylation sites is 1. The minimum absolute atomic E-state index is 0.187. The van der Waals surface area contributed by atoms with Crippen LogP contribution < -0.4 is 5.32 Å². The molecular weight excluding hydrogens is 469 g/mol. The van der Waals surface area contributed by atoms with Crippen molar-refractivity contribution in [3.8, 4) is 0 Å². The second-order valence-corrected chi connectivity index (χ2v) is 10.3. The molecule has 1 spiro atoms. The Morgan fingerprint density at radius 1 is 0.972 bits per heavy atom. The van der Waals surface area contributed by atoms with E-state index in [2.05, 4.69) is 5.32 Å². The van der Waals surface area contributed by atoms with Gasteiger partial charge in [-0.1, -0.05) is 45.0 Å². The van der Waals surface area contributed by atoms with Crippen LogP contribution in [0.25, 0.3) is 0 Å². The lowest BCUT2D eigenvalue weighted by Gasteiger charge is -2.35. The highest BCUT2D eigenvalue weighted by Gasteiger charge is 2.40. The lowest BCUT2D eigenvalue weighted by atomic mass is 9.95. The molecule has 0 aliphatic carbocycles. The molecule has 4 rings (SSSR count). The maximum Gasteiger partial charge on any atom is 0.416 e. The van der Waals surface area contributed by atoms with E-state index in [1.54, 1.807) is 62.9 Å². The molecule has 0 unspecified atom stereocenters. The molecule has 2 aromatic rings. The number of anilines is 1. The summed E-state index contributed by atoms with van der Waals surface area (Å²) in [5.41, 5.74) is 0.165. The van der Waals surface area contributed by atoms with Gasteiger partial charge in [0.05, 0.1) is 28.2 Å². The maximum absolute atomic E-state index is 13.3. The van der Waals surface area contributed by atoms with Crippen molar-refractivity contribution in [2.24, 2.45) is 15.4 Å². The minimum atomic E-state index is -4.44. The summed E-state index contributed by atoms with van der Waals surface area (Å²) in [6.45, 7) is 7.92. The normalized spacial score (nSPS) is 17.6. The number of likely N-dealkylation sites (tertiary alicyclic amines) is 1. The molecule has 0 atom stereocenters. The van der Waals surface area contributed by atoms with Crippen molar-refractivity contribution >= 4 is 28.9 Å². The van der Waals surface area contributed by atoms with E-state index >= 15 is 0 Å². The summed E-state index contributed by atoms with van der Waals surface area (Å²) in [7, 11) is 0. The quantitative estimate of drug-likeness (QED) is 0.600. The van der Waals surface area contributed by atoms with Crippen molar-refractivity contribution in [2.75, 3.05) is 18.4 Å². The van der Waals surface area contributed by atoms with Crippen LogP contribution in [0.3, 0.4) is 0 Å². The number of amides is 2. The number of hydrogen-bond donors (Lipinski definition) is 1. The van der Waals surface area contributed by atoms with Crippen molar-refractivity contribution in [1.29, 1.82) is 0 Å². The topological polar surface area (TPSA) is 74.1 Å². The van der Waals surface area contributed by atoms with Gasteiger partial charge in [-0.25, -0.2) is 0 Å². The van der Waals surface area contributed by atoms with Crippen LogP contribution >= 0.6 is 0 Å². The molecule has 0 bridgehead atoms. The molecule has 1 fully saturated rings. The maximum atomic E-state index is 13.3. The average molecular weight is 499 g/mol. The number of rotatable bonds is 3. The average Bonchev–Trinajstić information content (AvgIpc) is 3.14. The first-order valence-corrected chi connectivity index (χ1v) is 11.8. The SMILES string of the molecule is CC1=NC2(CCN(C(=O)c3ccccc3NC(=O)C(C)(C)C)CC2)N=C1c1cccc(C(F)(F)F)c1. The number of alkyl halides is 3. The molecule has 0 radical (unpaired) electrons. The third-order valence-corrected chi connectivity index (χ3v) is 6.44. The van der Waals surface area contributed by atoms with Gasteiger partial charge in [-0.15, -0.1) is 0 Å². The smallest absolute Gasteiger partial charge is 0.338 e. The highest BCUT2D eigenvalue weighted by Crippen LogP contribution is 2.35. The zero-order valence-electron chi connectivity index (χ0n) is 20.7. The van der Waals surface area contributed by atoms with Crippen LogP contribution in [0.15, 0.2) is 58.5 Å². The Labute approximate surface area is 208 Å². The van der Waals surface area contributed by atoms with E-state index in [1.807, 2.05) is 0 Å². The number of hydrogen-bond acceptors (Lipinski definition) is 4. The predicted octanol–water partition coefficient (Wildman–Crippen LogP) is 5.59. The van der Waals surface area contributed by atoms with Crippen LogP contribution in [0, 0.1) is 5.41 Å². The highest BCUT2D eigenvalue weighted by atomic mass is 19.4. The number of aliphatic imine (C=N–C) groups is 2. The summed E-state index contributed by atoms with van der Waals surface area (Å²) < 4.78 is 39.6. The summed E-state index contributed by atoms with van der Waals surface area (Å²) in [5.74, 6) is -0.386. The first kappa shape index (κ1) is 25.6. The Kier molecular flexibility index (Phi) is 6.53. The van der Waals surface area contributed by atoms with Gasteiger partial charge in [-0.2, -0.15) is 13.2 Å². The second kappa shape index (κ2) is 9.19. The molecular formula is C27H29F3N4O2. The molecule has 2 aromatic carbocycles. The van der Waals surface area contributed by atoms with Crippen LogP contribution in [-0.4, -0.2) is 46.9 Å². The molecule has 2 amide bonds. The van der Waals surface area contributed by atoms with Gasteiger partial charge in [-0.3, -0.25) is 19.6 Å². The molecule has 1 saturated heterocycles. The fourth-order valence-corrected chi connectivity index (χ4v) is 4.35. The number of carbonyl (C=O) groups excluding carboxylic acids is 2. The van der Waals surface area contributed by atoms with Gasteiger partial charge in [0, 0.05) is 36.9 Å². The number of halogens is 3. The summed E-state index contributed by atoms with van der Waals surface area (Å²) in [5, 5.41) is 2.85. The van der Waals surface area contributed by atoms with E-state index in [9.17, 15) is 22.8 Å². The van der Waals surface area contributed by atoms with Crippen LogP contribution in [0.4, 0.5) is 18.9 Å². The number of nitrogens with zero attached hydrogens (tertiary/aromatic N) is 3. The molecule has 190 valence electrons. The summed E-state index contributed by atoms with van der Waals surface area (Å²) >= 11 is 0. The lowest BCUT2D eigenvalue weighted by Crippen LogP contribution is -2.44. The first-order valence-electron chi connectivity index (χ1n) is 11.8. The predicted molar refractivity (Wildman–Crippen MR) is 133 cm³/mol. The molecule has 2 heterocycles. The van der Waals surface area contributed by atoms with Gasteiger partial charge in [0.1, 0.15) is 0 Å². The Bertz CT molecular complexity index is 1250. The summed E-state index contributed by atoms with van der Waals surface area (Å²) in [6.07, 6.45) is -3.53. The number of benzene rings is 2. The number of piperidine rings is 1. The van der Waals surface area contributed by atoms with E-state index in [0.717, 1.165) is 12.1 Å². The minimum Gasteiger partial charge on any atom is -0.338 e. The fourth-order valence-electron chi connectivity index (χ4n) is 4.35. The van der Waals surface area contributed by atoms with Crippen molar-refractivity contribution in [2.45, 2.75) is 52.4 Å². The van der Waals surface area contributed by atoms with Crippen molar-refractivity contribution in [3.05, 3.63) is 65.2 Å². The van der Waals surface area contributed by atoms with Crippen molar-refractivity contribution in [3.63, 3.8) is 0 Å². The molecule has 2 aliphatic rings. The summed E-state index contributed by atoms with van der Waals surface area (Å²) in [6, 6.07) is 12.0. The fraction of sp³-hybridized carbons (Fsp3) is 0.407. The Hall–Kier alpha value is -3.49. The standard InChI is InChI=1S/C27H29F3N4O2/c1-17-22(18-8-7-9-19(16-18)27(28,29)30)33-26(32-17)12-14-34(15-13-26)23(35)20-10-5-6-11-21(20)31-24(36)25(2,3)4/h5-11,16H,12-15H2,1-4H3,(H,31,36). The molecule has 0 saturated carbocycles. The number of nitrogens with one attached hydrogen (secondary N) is 1. The molecule has 2 aliphatic heterocycles. The van der Waals surface area contributed by atoms with Gasteiger partial charge in [0.2, 0.25) is 5.91 Å². The van der Waals surface area contributed by atoms with Crippen LogP contribution in [0.2, 0.25) is 0 Å². The van der Waals surface area contributed by atoms with Gasteiger partial charge in [0.25, 0.3) is 5.91 Å². The molecule has 9 heteroatoms. The summed E-state index contributed by atoms with van der Waals surface area (Å²) in [4.78, 5) is 37.0. The Balaban J connectivity index is 1.50. The van der Waals surface area contributed by atoms with E-state index < -0.39 is 22.8 Å². The van der Waals surface area contributed by atoms with Gasteiger partial charge >= 0.3 is 6.18 Å². The molecule has 0 aromatic heterocycles. The first-order chi connectivity index (χ1) is 16.8. The molecule has 1 N–H and O–H groups in total. The van der Waals surface area contributed by atoms with Crippen LogP contribution in [-0.2, 0) is 11.0 Å². The Morgan fingerprint density at radius 2 is 1.64 bits per heavy atom. The van der Waals surface area contributed by atoms with Gasteiger partial charge < -0.3 is 10.2 Å².